The molecule has 0 amide bonds. The van der Waals surface area contributed by atoms with Crippen LogP contribution in [0.5, 0.6) is 0 Å². The Kier molecular flexibility index (Phi) is 3.11. The minimum Gasteiger partial charge on any atom is -0.258 e. The normalized spacial score (nSPS) is 12.5. The van der Waals surface area contributed by atoms with Crippen molar-refractivity contribution in [2.75, 3.05) is 6.67 Å². The lowest BCUT2D eigenvalue weighted by molar-refractivity contribution is -0.385. The fourth-order valence-electron chi connectivity index (χ4n) is 1.10. The molecule has 1 aromatic rings. The first-order valence-electron chi connectivity index (χ1n) is 3.89. The lowest BCUT2D eigenvalue weighted by Crippen LogP contribution is -2.02. The van der Waals surface area contributed by atoms with E-state index < -0.39 is 23.3 Å². The molecule has 1 atom stereocenters. The van der Waals surface area contributed by atoms with E-state index in [0.717, 1.165) is 18.2 Å². The summed E-state index contributed by atoms with van der Waals surface area (Å²) in [5.74, 6) is -1.54. The quantitative estimate of drug-likeness (QED) is 0.556. The first-order valence-corrected chi connectivity index (χ1v) is 3.89. The maximum Gasteiger partial charge on any atom is 0.273 e. The molecule has 1 unspecified atom stereocenters. The fraction of sp³-hybridized carbons (Fsp3) is 0.222. The first-order chi connectivity index (χ1) is 6.56. The van der Waals surface area contributed by atoms with E-state index in [1.54, 1.807) is 0 Å². The number of hydrogen-bond donors (Lipinski definition) is 0. The van der Waals surface area contributed by atoms with Crippen molar-refractivity contribution in [3.63, 3.8) is 0 Å². The third-order valence-electron chi connectivity index (χ3n) is 1.81. The Hall–Kier alpha value is -1.52. The van der Waals surface area contributed by atoms with Crippen LogP contribution in [0.25, 0.3) is 0 Å². The van der Waals surface area contributed by atoms with Gasteiger partial charge in [0.15, 0.2) is 0 Å². The molecule has 1 aromatic carbocycles. The molecule has 75 valence electrons. The summed E-state index contributed by atoms with van der Waals surface area (Å²) < 4.78 is 25.0. The maximum absolute atomic E-state index is 12.7. The van der Waals surface area contributed by atoms with Gasteiger partial charge in [0.1, 0.15) is 5.82 Å². The Morgan fingerprint density at radius 3 is 2.71 bits per heavy atom. The van der Waals surface area contributed by atoms with Crippen molar-refractivity contribution < 1.29 is 13.7 Å². The predicted octanol–water partition coefficient (Wildman–Crippen LogP) is 2.62. The van der Waals surface area contributed by atoms with Crippen LogP contribution in [0.2, 0.25) is 0 Å². The van der Waals surface area contributed by atoms with Gasteiger partial charge in [0.25, 0.3) is 5.69 Å². The molecule has 0 aliphatic rings. The minimum absolute atomic E-state index is 0.0162. The zero-order valence-corrected chi connectivity index (χ0v) is 7.24. The highest BCUT2D eigenvalue weighted by molar-refractivity contribution is 5.43. The molecular weight excluding hydrogens is 192 g/mol. The lowest BCUT2D eigenvalue weighted by atomic mass is 10.0. The van der Waals surface area contributed by atoms with Crippen molar-refractivity contribution in [2.45, 2.75) is 5.92 Å². The summed E-state index contributed by atoms with van der Waals surface area (Å²) in [5.41, 5.74) is -0.318. The molecule has 0 N–H and O–H groups in total. The second kappa shape index (κ2) is 4.13. The predicted molar refractivity (Wildman–Crippen MR) is 47.1 cm³/mol. The van der Waals surface area contributed by atoms with Crippen LogP contribution in [-0.4, -0.2) is 11.6 Å². The van der Waals surface area contributed by atoms with Crippen LogP contribution in [-0.2, 0) is 0 Å². The van der Waals surface area contributed by atoms with Crippen LogP contribution >= 0.6 is 0 Å². The van der Waals surface area contributed by atoms with Crippen LogP contribution in [0.3, 0.4) is 0 Å². The van der Waals surface area contributed by atoms with Crippen LogP contribution in [0.4, 0.5) is 14.5 Å². The second-order valence-electron chi connectivity index (χ2n) is 2.81. The topological polar surface area (TPSA) is 43.1 Å². The summed E-state index contributed by atoms with van der Waals surface area (Å²) in [7, 11) is 0. The van der Waals surface area contributed by atoms with Crippen molar-refractivity contribution >= 4 is 5.69 Å². The van der Waals surface area contributed by atoms with E-state index in [-0.39, 0.29) is 11.3 Å². The third-order valence-corrected chi connectivity index (χ3v) is 1.81. The molecular formula is C9H8F2NO2. The summed E-state index contributed by atoms with van der Waals surface area (Å²) in [4.78, 5) is 9.81. The van der Waals surface area contributed by atoms with Gasteiger partial charge >= 0.3 is 0 Å². The van der Waals surface area contributed by atoms with Gasteiger partial charge < -0.3 is 0 Å². The molecule has 0 fully saturated rings. The van der Waals surface area contributed by atoms with E-state index in [1.807, 2.05) is 0 Å². The number of halogens is 2. The van der Waals surface area contributed by atoms with Crippen molar-refractivity contribution in [1.82, 2.24) is 0 Å². The molecule has 0 aliphatic carbocycles. The van der Waals surface area contributed by atoms with Gasteiger partial charge in [0.05, 0.1) is 11.6 Å². The number of alkyl halides is 1. The number of benzene rings is 1. The average molecular weight is 200 g/mol. The second-order valence-corrected chi connectivity index (χ2v) is 2.81. The van der Waals surface area contributed by atoms with E-state index in [2.05, 4.69) is 6.92 Å². The molecule has 14 heavy (non-hydrogen) atoms. The van der Waals surface area contributed by atoms with Crippen molar-refractivity contribution in [1.29, 1.82) is 0 Å². The van der Waals surface area contributed by atoms with E-state index in [9.17, 15) is 18.9 Å². The summed E-state index contributed by atoms with van der Waals surface area (Å²) >= 11 is 0. The first kappa shape index (κ1) is 10.6. The van der Waals surface area contributed by atoms with E-state index in [4.69, 9.17) is 0 Å². The molecule has 1 rings (SSSR count). The van der Waals surface area contributed by atoms with Gasteiger partial charge in [-0.2, -0.15) is 0 Å². The fourth-order valence-corrected chi connectivity index (χ4v) is 1.10. The largest absolute Gasteiger partial charge is 0.273 e. The van der Waals surface area contributed by atoms with Gasteiger partial charge in [-0.3, -0.25) is 14.5 Å². The van der Waals surface area contributed by atoms with Crippen LogP contribution in [0.1, 0.15) is 11.5 Å². The van der Waals surface area contributed by atoms with Gasteiger partial charge in [-0.1, -0.05) is 0 Å². The van der Waals surface area contributed by atoms with Gasteiger partial charge in [-0.25, -0.2) is 4.39 Å². The van der Waals surface area contributed by atoms with Gasteiger partial charge in [-0.15, -0.1) is 0 Å². The number of nitro groups is 1. The molecule has 0 aliphatic heterocycles. The highest BCUT2D eigenvalue weighted by atomic mass is 19.1. The SMILES string of the molecule is [CH2]C(CF)c1cc(F)ccc1[N+](=O)[O-]. The Bertz CT molecular complexity index is 355. The molecule has 0 saturated heterocycles. The van der Waals surface area contributed by atoms with Gasteiger partial charge in [-0.05, 0) is 19.1 Å². The molecule has 0 saturated carbocycles. The molecule has 1 radical (unpaired) electrons. The molecule has 0 bridgehead atoms. The number of rotatable bonds is 3. The average Bonchev–Trinajstić information content (AvgIpc) is 2.16. The Morgan fingerprint density at radius 1 is 1.57 bits per heavy atom. The van der Waals surface area contributed by atoms with E-state index >= 15 is 0 Å². The lowest BCUT2D eigenvalue weighted by Gasteiger charge is -2.07. The third kappa shape index (κ3) is 2.04. The summed E-state index contributed by atoms with van der Waals surface area (Å²) in [6.07, 6.45) is 0. The Balaban J connectivity index is 3.22. The minimum atomic E-state index is -0.911. The van der Waals surface area contributed by atoms with Gasteiger partial charge in [0.2, 0.25) is 0 Å². The van der Waals surface area contributed by atoms with Crippen LogP contribution in [0, 0.1) is 22.9 Å². The Morgan fingerprint density at radius 2 is 2.21 bits per heavy atom. The number of nitro benzene ring substituents is 1. The Labute approximate surface area is 79.5 Å². The zero-order chi connectivity index (χ0) is 10.7. The van der Waals surface area contributed by atoms with E-state index in [0.29, 0.717) is 0 Å². The van der Waals surface area contributed by atoms with Crippen molar-refractivity contribution in [2.24, 2.45) is 0 Å². The smallest absolute Gasteiger partial charge is 0.258 e. The zero-order valence-electron chi connectivity index (χ0n) is 7.24. The molecule has 5 heteroatoms. The molecule has 0 heterocycles. The highest BCUT2D eigenvalue weighted by Gasteiger charge is 2.19. The van der Waals surface area contributed by atoms with Gasteiger partial charge in [0, 0.05) is 17.5 Å². The number of hydrogen-bond acceptors (Lipinski definition) is 2. The standard InChI is InChI=1S/C9H8F2NO2/c1-6(5-10)8-4-7(11)2-3-9(8)12(13)14/h2-4,6H,1,5H2. The highest BCUT2D eigenvalue weighted by Crippen LogP contribution is 2.27. The maximum atomic E-state index is 12.7. The molecule has 3 nitrogen and oxygen atoms in total. The van der Waals surface area contributed by atoms with Crippen molar-refractivity contribution in [3.8, 4) is 0 Å². The molecule has 0 spiro atoms. The molecule has 0 aromatic heterocycles. The summed E-state index contributed by atoms with van der Waals surface area (Å²) in [5, 5.41) is 10.5. The monoisotopic (exact) mass is 200 g/mol. The van der Waals surface area contributed by atoms with Crippen LogP contribution < -0.4 is 0 Å². The van der Waals surface area contributed by atoms with Crippen molar-refractivity contribution in [3.05, 3.63) is 46.6 Å². The summed E-state index contributed by atoms with van der Waals surface area (Å²) in [6, 6.07) is 2.92. The number of nitrogens with zero attached hydrogens (tertiary/aromatic N) is 1. The summed E-state index contributed by atoms with van der Waals surface area (Å²) in [6.45, 7) is 2.51. The van der Waals surface area contributed by atoms with Crippen LogP contribution in [0.15, 0.2) is 18.2 Å². The van der Waals surface area contributed by atoms with E-state index in [1.165, 1.54) is 0 Å².